The van der Waals surface area contributed by atoms with Gasteiger partial charge in [-0.25, -0.2) is 9.59 Å². The Bertz CT molecular complexity index is 448. The van der Waals surface area contributed by atoms with Gasteiger partial charge in [-0.1, -0.05) is 12.1 Å². The number of anilines is 1. The second-order valence-electron chi connectivity index (χ2n) is 2.94. The molecule has 0 bridgehead atoms. The van der Waals surface area contributed by atoms with Crippen LogP contribution in [0.1, 0.15) is 0 Å². The van der Waals surface area contributed by atoms with Crippen LogP contribution in [0.25, 0.3) is 0 Å². The van der Waals surface area contributed by atoms with Crippen LogP contribution in [0.4, 0.5) is 5.69 Å². The van der Waals surface area contributed by atoms with Gasteiger partial charge >= 0.3 is 11.9 Å². The van der Waals surface area contributed by atoms with Crippen molar-refractivity contribution in [3.05, 3.63) is 24.3 Å². The fourth-order valence-corrected chi connectivity index (χ4v) is 1.83. The molecule has 0 fully saturated rings. The number of carbonyl (C=O) groups is 3. The van der Waals surface area contributed by atoms with Gasteiger partial charge in [0.1, 0.15) is 0 Å². The molecule has 3 N–H and O–H groups in total. The number of nitrogens with one attached hydrogen (secondary N) is 1. The molecule has 0 spiro atoms. The quantitative estimate of drug-likeness (QED) is 0.595. The first kappa shape index (κ1) is 13.0. The largest absolute Gasteiger partial charge is 0.473 e. The zero-order valence-corrected chi connectivity index (χ0v) is 9.36. The van der Waals surface area contributed by atoms with Crippen molar-refractivity contribution in [1.29, 1.82) is 0 Å². The lowest BCUT2D eigenvalue weighted by Crippen LogP contribution is -2.18. The van der Waals surface area contributed by atoms with Crippen LogP contribution in [-0.2, 0) is 14.4 Å². The van der Waals surface area contributed by atoms with Crippen molar-refractivity contribution in [2.45, 2.75) is 4.90 Å². The zero-order chi connectivity index (χ0) is 12.8. The number of hydrogen-bond acceptors (Lipinski definition) is 4. The minimum Gasteiger partial charge on any atom is -0.473 e. The van der Waals surface area contributed by atoms with Gasteiger partial charge in [0.25, 0.3) is 0 Å². The molecule has 1 amide bonds. The molecule has 0 atom stereocenters. The van der Waals surface area contributed by atoms with Crippen LogP contribution < -0.4 is 5.32 Å². The first-order chi connectivity index (χ1) is 8.00. The van der Waals surface area contributed by atoms with Crippen LogP contribution in [0.15, 0.2) is 29.2 Å². The number of carboxylic acid groups (broad SMARTS) is 2. The number of fused-ring (bicyclic) bond motifs is 1. The van der Waals surface area contributed by atoms with Gasteiger partial charge in [0, 0.05) is 4.90 Å². The molecule has 1 aromatic rings. The average Bonchev–Trinajstić information content (AvgIpc) is 2.29. The zero-order valence-electron chi connectivity index (χ0n) is 8.54. The van der Waals surface area contributed by atoms with E-state index in [4.69, 9.17) is 19.8 Å². The highest BCUT2D eigenvalue weighted by Crippen LogP contribution is 2.30. The SMILES string of the molecule is O=C(O)C(=O)O.O=C1CSc2ccccc2N1. The summed E-state index contributed by atoms with van der Waals surface area (Å²) in [5, 5.41) is 17.6. The molecule has 1 aromatic carbocycles. The maximum Gasteiger partial charge on any atom is 0.414 e. The Morgan fingerprint density at radius 3 is 2.35 bits per heavy atom. The summed E-state index contributed by atoms with van der Waals surface area (Å²) in [4.78, 5) is 30.3. The topological polar surface area (TPSA) is 104 Å². The van der Waals surface area contributed by atoms with Crippen LogP contribution in [0, 0.1) is 0 Å². The van der Waals surface area contributed by atoms with Crippen LogP contribution in [-0.4, -0.2) is 33.8 Å². The summed E-state index contributed by atoms with van der Waals surface area (Å²) in [6.07, 6.45) is 0. The van der Waals surface area contributed by atoms with Crippen molar-refractivity contribution in [3.63, 3.8) is 0 Å². The molecule has 0 saturated heterocycles. The van der Waals surface area contributed by atoms with Crippen molar-refractivity contribution in [2.75, 3.05) is 11.1 Å². The summed E-state index contributed by atoms with van der Waals surface area (Å²) in [5.74, 6) is -3.02. The van der Waals surface area contributed by atoms with E-state index in [0.717, 1.165) is 10.6 Å². The van der Waals surface area contributed by atoms with Crippen molar-refractivity contribution >= 4 is 35.3 Å². The fourth-order valence-electron chi connectivity index (χ4n) is 1.03. The summed E-state index contributed by atoms with van der Waals surface area (Å²) < 4.78 is 0. The molecule has 90 valence electrons. The third-order valence-corrected chi connectivity index (χ3v) is 2.78. The van der Waals surface area contributed by atoms with E-state index < -0.39 is 11.9 Å². The minimum atomic E-state index is -1.82. The molecular formula is C10H9NO5S. The number of amides is 1. The number of carbonyl (C=O) groups excluding carboxylic acids is 1. The summed E-state index contributed by atoms with van der Waals surface area (Å²) in [6, 6.07) is 7.83. The highest BCUT2D eigenvalue weighted by atomic mass is 32.2. The number of hydrogen-bond donors (Lipinski definition) is 3. The number of para-hydroxylation sites is 1. The second-order valence-corrected chi connectivity index (χ2v) is 3.96. The average molecular weight is 255 g/mol. The maximum atomic E-state index is 10.9. The lowest BCUT2D eigenvalue weighted by molar-refractivity contribution is -0.159. The van der Waals surface area contributed by atoms with E-state index in [1.54, 1.807) is 11.8 Å². The molecule has 6 nitrogen and oxygen atoms in total. The third-order valence-electron chi connectivity index (χ3n) is 1.70. The smallest absolute Gasteiger partial charge is 0.414 e. The molecule has 0 aromatic heterocycles. The molecule has 2 rings (SSSR count). The Morgan fingerprint density at radius 2 is 1.76 bits per heavy atom. The molecule has 0 aliphatic carbocycles. The standard InChI is InChI=1S/C8H7NOS.C2H2O4/c10-8-5-11-7-4-2-1-3-6(7)9-8;3-1(4)2(5)6/h1-4H,5H2,(H,9,10);(H,3,4)(H,5,6). The Hall–Kier alpha value is -2.02. The molecule has 0 unspecified atom stereocenters. The van der Waals surface area contributed by atoms with Gasteiger partial charge in [-0.15, -0.1) is 11.8 Å². The summed E-state index contributed by atoms with van der Waals surface area (Å²) >= 11 is 1.58. The van der Waals surface area contributed by atoms with Crippen molar-refractivity contribution in [1.82, 2.24) is 0 Å². The van der Waals surface area contributed by atoms with Gasteiger partial charge in [0.05, 0.1) is 11.4 Å². The first-order valence-electron chi connectivity index (χ1n) is 4.48. The van der Waals surface area contributed by atoms with Gasteiger partial charge in [0.15, 0.2) is 0 Å². The Balaban J connectivity index is 0.000000209. The van der Waals surface area contributed by atoms with E-state index >= 15 is 0 Å². The predicted octanol–water partition coefficient (Wildman–Crippen LogP) is 0.886. The number of carboxylic acids is 2. The molecular weight excluding hydrogens is 246 g/mol. The summed E-state index contributed by atoms with van der Waals surface area (Å²) in [6.45, 7) is 0. The van der Waals surface area contributed by atoms with E-state index in [9.17, 15) is 4.79 Å². The molecule has 7 heteroatoms. The molecule has 17 heavy (non-hydrogen) atoms. The maximum absolute atomic E-state index is 10.9. The van der Waals surface area contributed by atoms with Crippen molar-refractivity contribution < 1.29 is 24.6 Å². The highest BCUT2D eigenvalue weighted by molar-refractivity contribution is 8.00. The predicted molar refractivity (Wildman–Crippen MR) is 61.1 cm³/mol. The van der Waals surface area contributed by atoms with Crippen LogP contribution in [0.3, 0.4) is 0 Å². The number of rotatable bonds is 0. The van der Waals surface area contributed by atoms with E-state index in [-0.39, 0.29) is 5.91 Å². The highest BCUT2D eigenvalue weighted by Gasteiger charge is 2.13. The molecule has 1 heterocycles. The van der Waals surface area contributed by atoms with Crippen LogP contribution >= 0.6 is 11.8 Å². The van der Waals surface area contributed by atoms with Crippen molar-refractivity contribution in [2.24, 2.45) is 0 Å². The molecule has 0 radical (unpaired) electrons. The number of thioether (sulfide) groups is 1. The Labute approximate surface area is 101 Å². The summed E-state index contributed by atoms with van der Waals surface area (Å²) in [7, 11) is 0. The molecule has 1 aliphatic heterocycles. The number of benzene rings is 1. The molecule has 1 aliphatic rings. The van der Waals surface area contributed by atoms with E-state index in [2.05, 4.69) is 5.32 Å². The summed E-state index contributed by atoms with van der Waals surface area (Å²) in [5.41, 5.74) is 0.939. The Kier molecular flexibility index (Phi) is 4.53. The molecule has 0 saturated carbocycles. The van der Waals surface area contributed by atoms with E-state index in [1.807, 2.05) is 24.3 Å². The van der Waals surface area contributed by atoms with Gasteiger partial charge in [0.2, 0.25) is 5.91 Å². The van der Waals surface area contributed by atoms with Gasteiger partial charge in [-0.05, 0) is 12.1 Å². The monoisotopic (exact) mass is 255 g/mol. The van der Waals surface area contributed by atoms with Gasteiger partial charge in [-0.3, -0.25) is 4.79 Å². The Morgan fingerprint density at radius 1 is 1.18 bits per heavy atom. The normalized spacial score (nSPS) is 12.6. The van der Waals surface area contributed by atoms with Gasteiger partial charge in [-0.2, -0.15) is 0 Å². The van der Waals surface area contributed by atoms with Crippen LogP contribution in [0.2, 0.25) is 0 Å². The van der Waals surface area contributed by atoms with Gasteiger partial charge < -0.3 is 15.5 Å². The lowest BCUT2D eigenvalue weighted by atomic mass is 10.3. The van der Waals surface area contributed by atoms with Crippen LogP contribution in [0.5, 0.6) is 0 Å². The van der Waals surface area contributed by atoms with E-state index in [0.29, 0.717) is 5.75 Å². The minimum absolute atomic E-state index is 0.0914. The van der Waals surface area contributed by atoms with E-state index in [1.165, 1.54) is 0 Å². The fraction of sp³-hybridized carbons (Fsp3) is 0.100. The van der Waals surface area contributed by atoms with Crippen molar-refractivity contribution in [3.8, 4) is 0 Å². The number of aliphatic carboxylic acids is 2. The third kappa shape index (κ3) is 4.15. The second kappa shape index (κ2) is 5.90. The lowest BCUT2D eigenvalue weighted by Gasteiger charge is -2.14. The first-order valence-corrected chi connectivity index (χ1v) is 5.47.